The predicted octanol–water partition coefficient (Wildman–Crippen LogP) is 5.01. The van der Waals surface area contributed by atoms with Gasteiger partial charge in [-0.2, -0.15) is 0 Å². The molecule has 0 saturated heterocycles. The monoisotopic (exact) mass is 447 g/mol. The van der Waals surface area contributed by atoms with Crippen LogP contribution in [0.4, 0.5) is 5.00 Å². The zero-order chi connectivity index (χ0) is 21.5. The van der Waals surface area contributed by atoms with E-state index in [0.29, 0.717) is 16.5 Å². The van der Waals surface area contributed by atoms with Crippen LogP contribution in [0.2, 0.25) is 0 Å². The molecule has 0 bridgehead atoms. The van der Waals surface area contributed by atoms with E-state index in [1.807, 2.05) is 17.5 Å². The molecule has 0 atom stereocenters. The van der Waals surface area contributed by atoms with Crippen molar-refractivity contribution in [2.45, 2.75) is 38.0 Å². The minimum Gasteiger partial charge on any atom is -0.481 e. The fraction of sp³-hybridized carbons (Fsp3) is 0.409. The average Bonchev–Trinajstić information content (AvgIpc) is 3.17. The maximum atomic E-state index is 12.4. The first-order chi connectivity index (χ1) is 14.5. The first-order valence-corrected chi connectivity index (χ1v) is 11.9. The highest BCUT2D eigenvalue weighted by atomic mass is 32.2. The van der Waals surface area contributed by atoms with Gasteiger partial charge >= 0.3 is 11.9 Å². The zero-order valence-corrected chi connectivity index (χ0v) is 18.4. The fourth-order valence-electron chi connectivity index (χ4n) is 3.73. The predicted molar refractivity (Wildman–Crippen MR) is 121 cm³/mol. The molecule has 1 saturated carbocycles. The van der Waals surface area contributed by atoms with Crippen molar-refractivity contribution in [3.8, 4) is 11.1 Å². The molecule has 1 amide bonds. The van der Waals surface area contributed by atoms with E-state index < -0.39 is 11.9 Å². The third kappa shape index (κ3) is 5.64. The highest BCUT2D eigenvalue weighted by Crippen LogP contribution is 2.38. The first kappa shape index (κ1) is 22.4. The molecule has 0 spiro atoms. The number of hydrogen-bond acceptors (Lipinski definition) is 6. The Morgan fingerprint density at radius 2 is 1.83 bits per heavy atom. The van der Waals surface area contributed by atoms with Crippen LogP contribution in [0.15, 0.2) is 29.6 Å². The molecule has 1 aliphatic carbocycles. The number of methoxy groups -OCH3 is 1. The number of rotatable bonds is 8. The Balaban J connectivity index is 1.78. The van der Waals surface area contributed by atoms with Gasteiger partial charge in [0, 0.05) is 10.9 Å². The van der Waals surface area contributed by atoms with E-state index in [1.165, 1.54) is 56.1 Å². The number of esters is 1. The number of carbonyl (C=O) groups is 3. The maximum absolute atomic E-state index is 12.4. The number of thiophene rings is 1. The number of anilines is 1. The van der Waals surface area contributed by atoms with Gasteiger partial charge in [0.2, 0.25) is 5.91 Å². The summed E-state index contributed by atoms with van der Waals surface area (Å²) in [6.07, 6.45) is 6.31. The molecule has 1 heterocycles. The van der Waals surface area contributed by atoms with E-state index >= 15 is 0 Å². The smallest absolute Gasteiger partial charge is 0.341 e. The van der Waals surface area contributed by atoms with Crippen LogP contribution in [-0.4, -0.2) is 41.6 Å². The van der Waals surface area contributed by atoms with Crippen molar-refractivity contribution in [3.63, 3.8) is 0 Å². The minimum atomic E-state index is -0.974. The van der Waals surface area contributed by atoms with Gasteiger partial charge in [0.1, 0.15) is 10.6 Å². The normalized spacial score (nSPS) is 14.3. The molecule has 8 heteroatoms. The average molecular weight is 448 g/mol. The van der Waals surface area contributed by atoms with E-state index in [1.54, 1.807) is 0 Å². The Kier molecular flexibility index (Phi) is 7.93. The second-order valence-corrected chi connectivity index (χ2v) is 9.10. The number of aliphatic carboxylic acids is 1. The second kappa shape index (κ2) is 10.6. The lowest BCUT2D eigenvalue weighted by molar-refractivity contribution is -0.133. The number of carbonyl (C=O) groups excluding carboxylic acids is 2. The molecule has 1 fully saturated rings. The molecule has 0 aliphatic heterocycles. The number of hydrogen-bond donors (Lipinski definition) is 2. The second-order valence-electron chi connectivity index (χ2n) is 7.24. The Bertz CT molecular complexity index is 901. The van der Waals surface area contributed by atoms with E-state index in [2.05, 4.69) is 17.4 Å². The molecule has 1 aromatic heterocycles. The van der Waals surface area contributed by atoms with Crippen molar-refractivity contribution in [1.82, 2.24) is 0 Å². The topological polar surface area (TPSA) is 92.7 Å². The van der Waals surface area contributed by atoms with E-state index in [0.717, 1.165) is 22.9 Å². The summed E-state index contributed by atoms with van der Waals surface area (Å²) in [5.41, 5.74) is 3.27. The quantitative estimate of drug-likeness (QED) is 0.553. The summed E-state index contributed by atoms with van der Waals surface area (Å²) < 4.78 is 4.94. The first-order valence-electron chi connectivity index (χ1n) is 9.89. The van der Waals surface area contributed by atoms with Gasteiger partial charge in [0.25, 0.3) is 0 Å². The summed E-state index contributed by atoms with van der Waals surface area (Å²) in [5.74, 6) is -1.40. The summed E-state index contributed by atoms with van der Waals surface area (Å²) in [6, 6.07) is 8.30. The number of amides is 1. The van der Waals surface area contributed by atoms with Gasteiger partial charge in [-0.25, -0.2) is 4.79 Å². The van der Waals surface area contributed by atoms with Gasteiger partial charge in [0.05, 0.1) is 18.6 Å². The highest BCUT2D eigenvalue weighted by molar-refractivity contribution is 8.00. The zero-order valence-electron chi connectivity index (χ0n) is 16.8. The molecule has 2 N–H and O–H groups in total. The molecule has 1 aromatic carbocycles. The summed E-state index contributed by atoms with van der Waals surface area (Å²) in [6.45, 7) is 0. The molecule has 0 unspecified atom stereocenters. The molecule has 1 aliphatic rings. The molecule has 160 valence electrons. The molecule has 2 aromatic rings. The fourth-order valence-corrected chi connectivity index (χ4v) is 5.24. The van der Waals surface area contributed by atoms with Gasteiger partial charge < -0.3 is 15.2 Å². The molecule has 3 rings (SSSR count). The third-order valence-electron chi connectivity index (χ3n) is 5.19. The third-order valence-corrected chi connectivity index (χ3v) is 7.00. The Labute approximate surface area is 184 Å². The Hall–Kier alpha value is -2.32. The summed E-state index contributed by atoms with van der Waals surface area (Å²) >= 11 is 2.26. The summed E-state index contributed by atoms with van der Waals surface area (Å²) in [4.78, 5) is 35.2. The van der Waals surface area contributed by atoms with Gasteiger partial charge in [-0.1, -0.05) is 43.5 Å². The lowest BCUT2D eigenvalue weighted by Crippen LogP contribution is -2.17. The summed E-state index contributed by atoms with van der Waals surface area (Å²) in [5, 5.41) is 13.6. The number of ether oxygens (including phenoxy) is 1. The summed E-state index contributed by atoms with van der Waals surface area (Å²) in [7, 11) is 1.31. The van der Waals surface area contributed by atoms with Crippen molar-refractivity contribution in [2.24, 2.45) is 0 Å². The van der Waals surface area contributed by atoms with Gasteiger partial charge in [-0.15, -0.1) is 23.1 Å². The SMILES string of the molecule is COC(=O)c1c(-c2ccc(C3CCCCC3)cc2)csc1NC(=O)CSCC(=O)O. The van der Waals surface area contributed by atoms with Gasteiger partial charge in [0.15, 0.2) is 0 Å². The number of carboxylic acids is 1. The van der Waals surface area contributed by atoms with Crippen LogP contribution in [0.3, 0.4) is 0 Å². The minimum absolute atomic E-state index is 0.00374. The number of benzene rings is 1. The van der Waals surface area contributed by atoms with Crippen LogP contribution in [0.5, 0.6) is 0 Å². The van der Waals surface area contributed by atoms with Crippen LogP contribution in [0.25, 0.3) is 11.1 Å². The maximum Gasteiger partial charge on any atom is 0.341 e. The van der Waals surface area contributed by atoms with Crippen LogP contribution in [-0.2, 0) is 14.3 Å². The molecule has 6 nitrogen and oxygen atoms in total. The van der Waals surface area contributed by atoms with Crippen LogP contribution in [0, 0.1) is 0 Å². The van der Waals surface area contributed by atoms with Crippen molar-refractivity contribution in [2.75, 3.05) is 23.9 Å². The number of thioether (sulfide) groups is 1. The van der Waals surface area contributed by atoms with Crippen molar-refractivity contribution in [3.05, 3.63) is 40.8 Å². The number of carboxylic acid groups (broad SMARTS) is 1. The lowest BCUT2D eigenvalue weighted by atomic mass is 9.83. The lowest BCUT2D eigenvalue weighted by Gasteiger charge is -2.22. The van der Waals surface area contributed by atoms with Crippen LogP contribution in [0.1, 0.15) is 53.9 Å². The number of nitrogens with one attached hydrogen (secondary N) is 1. The largest absolute Gasteiger partial charge is 0.481 e. The Morgan fingerprint density at radius 1 is 1.13 bits per heavy atom. The molecular weight excluding hydrogens is 422 g/mol. The molecule has 30 heavy (non-hydrogen) atoms. The van der Waals surface area contributed by atoms with Gasteiger partial charge in [-0.05, 0) is 29.9 Å². The van der Waals surface area contributed by atoms with E-state index in [4.69, 9.17) is 9.84 Å². The van der Waals surface area contributed by atoms with Crippen molar-refractivity contribution < 1.29 is 24.2 Å². The molecule has 0 radical (unpaired) electrons. The standard InChI is InChI=1S/C22H25NO5S2/c1-28-22(27)20-17(11-30-21(20)23-18(24)12-29-13-19(25)26)16-9-7-15(8-10-16)14-5-3-2-4-6-14/h7-11,14H,2-6,12-13H2,1H3,(H,23,24)(H,25,26). The van der Waals surface area contributed by atoms with Gasteiger partial charge in [-0.3, -0.25) is 9.59 Å². The van der Waals surface area contributed by atoms with E-state index in [9.17, 15) is 14.4 Å². The van der Waals surface area contributed by atoms with E-state index in [-0.39, 0.29) is 17.4 Å². The van der Waals surface area contributed by atoms with Crippen molar-refractivity contribution >= 4 is 45.9 Å². The Morgan fingerprint density at radius 3 is 2.47 bits per heavy atom. The van der Waals surface area contributed by atoms with Crippen molar-refractivity contribution in [1.29, 1.82) is 0 Å². The van der Waals surface area contributed by atoms with Crippen LogP contribution < -0.4 is 5.32 Å². The van der Waals surface area contributed by atoms with Crippen LogP contribution >= 0.6 is 23.1 Å². The highest BCUT2D eigenvalue weighted by Gasteiger charge is 2.23. The molecular formula is C22H25NO5S2.